The molecular formula is C15H25NOS. The quantitative estimate of drug-likeness (QED) is 0.880. The van der Waals surface area contributed by atoms with Crippen LogP contribution in [0.25, 0.3) is 0 Å². The summed E-state index contributed by atoms with van der Waals surface area (Å²) in [4.78, 5) is 1.40. The minimum absolute atomic E-state index is 0.00701. The number of hydrogen-bond acceptors (Lipinski definition) is 3. The summed E-state index contributed by atoms with van der Waals surface area (Å²) < 4.78 is 0. The molecule has 1 aliphatic rings. The minimum atomic E-state index is -0.274. The monoisotopic (exact) mass is 267 g/mol. The highest BCUT2D eigenvalue weighted by Gasteiger charge is 2.47. The fraction of sp³-hybridized carbons (Fsp3) is 0.733. The zero-order valence-corrected chi connectivity index (χ0v) is 12.3. The van der Waals surface area contributed by atoms with Gasteiger partial charge in [0.25, 0.3) is 0 Å². The van der Waals surface area contributed by atoms with Gasteiger partial charge in [0.1, 0.15) is 0 Å². The van der Waals surface area contributed by atoms with Gasteiger partial charge in [0, 0.05) is 16.8 Å². The largest absolute Gasteiger partial charge is 0.392 e. The van der Waals surface area contributed by atoms with Gasteiger partial charge in [0.15, 0.2) is 0 Å². The zero-order valence-electron chi connectivity index (χ0n) is 11.5. The molecule has 0 bridgehead atoms. The predicted molar refractivity (Wildman–Crippen MR) is 77.8 cm³/mol. The highest BCUT2D eigenvalue weighted by molar-refractivity contribution is 7.09. The summed E-state index contributed by atoms with van der Waals surface area (Å²) in [5.74, 6) is 0. The molecule has 1 fully saturated rings. The smallest absolute Gasteiger partial charge is 0.0659 e. The van der Waals surface area contributed by atoms with Crippen molar-refractivity contribution >= 4 is 11.3 Å². The topological polar surface area (TPSA) is 46.2 Å². The van der Waals surface area contributed by atoms with Gasteiger partial charge >= 0.3 is 0 Å². The third kappa shape index (κ3) is 2.63. The SMILES string of the molecule is CC1(C)CCCC(CN)(CCc2cccs2)C1O. The van der Waals surface area contributed by atoms with Crippen molar-refractivity contribution in [2.45, 2.75) is 52.1 Å². The molecule has 0 radical (unpaired) electrons. The summed E-state index contributed by atoms with van der Waals surface area (Å²) in [5, 5.41) is 12.8. The molecule has 1 heterocycles. The Balaban J connectivity index is 2.09. The number of aliphatic hydroxyl groups excluding tert-OH is 1. The fourth-order valence-electron chi connectivity index (χ4n) is 3.40. The summed E-state index contributed by atoms with van der Waals surface area (Å²) in [6.45, 7) is 4.95. The molecule has 3 N–H and O–H groups in total. The summed E-state index contributed by atoms with van der Waals surface area (Å²) >= 11 is 1.80. The maximum Gasteiger partial charge on any atom is 0.0659 e. The summed E-state index contributed by atoms with van der Waals surface area (Å²) in [7, 11) is 0. The predicted octanol–water partition coefficient (Wildman–Crippen LogP) is 3.20. The van der Waals surface area contributed by atoms with Crippen molar-refractivity contribution in [2.24, 2.45) is 16.6 Å². The van der Waals surface area contributed by atoms with E-state index in [2.05, 4.69) is 31.4 Å². The Kier molecular flexibility index (Phi) is 4.15. The van der Waals surface area contributed by atoms with Crippen LogP contribution in [0, 0.1) is 10.8 Å². The molecule has 102 valence electrons. The Morgan fingerprint density at radius 3 is 2.83 bits per heavy atom. The second-order valence-electron chi connectivity index (χ2n) is 6.39. The van der Waals surface area contributed by atoms with Crippen molar-refractivity contribution in [3.8, 4) is 0 Å². The molecule has 2 rings (SSSR count). The third-order valence-corrected chi connectivity index (χ3v) is 5.61. The Hall–Kier alpha value is -0.380. The standard InChI is InChI=1S/C15H25NOS/c1-14(2)7-4-8-15(11-16,13(14)17)9-6-12-5-3-10-18-12/h3,5,10,13,17H,4,6-9,11,16H2,1-2H3. The zero-order chi connectivity index (χ0) is 13.2. The van der Waals surface area contributed by atoms with E-state index in [9.17, 15) is 5.11 Å². The molecule has 0 spiro atoms. The second kappa shape index (κ2) is 5.32. The van der Waals surface area contributed by atoms with E-state index >= 15 is 0 Å². The first kappa shape index (κ1) is 14.0. The molecule has 3 heteroatoms. The van der Waals surface area contributed by atoms with Crippen molar-refractivity contribution in [1.82, 2.24) is 0 Å². The first-order valence-corrected chi connectivity index (χ1v) is 7.79. The highest BCUT2D eigenvalue weighted by Crippen LogP contribution is 2.48. The molecule has 2 unspecified atom stereocenters. The lowest BCUT2D eigenvalue weighted by molar-refractivity contribution is -0.0922. The van der Waals surface area contributed by atoms with E-state index in [4.69, 9.17) is 5.73 Å². The summed E-state index contributed by atoms with van der Waals surface area (Å²) in [6.07, 6.45) is 5.14. The van der Waals surface area contributed by atoms with Crippen molar-refractivity contribution < 1.29 is 5.11 Å². The van der Waals surface area contributed by atoms with E-state index in [-0.39, 0.29) is 16.9 Å². The van der Waals surface area contributed by atoms with Crippen molar-refractivity contribution in [2.75, 3.05) is 6.54 Å². The molecule has 0 amide bonds. The Morgan fingerprint density at radius 1 is 1.44 bits per heavy atom. The minimum Gasteiger partial charge on any atom is -0.392 e. The number of thiophene rings is 1. The van der Waals surface area contributed by atoms with Gasteiger partial charge in [-0.2, -0.15) is 0 Å². The van der Waals surface area contributed by atoms with Gasteiger partial charge < -0.3 is 10.8 Å². The number of rotatable bonds is 4. The Labute approximate surface area is 114 Å². The number of aliphatic hydroxyl groups is 1. The molecule has 2 atom stereocenters. The fourth-order valence-corrected chi connectivity index (χ4v) is 4.11. The van der Waals surface area contributed by atoms with Crippen LogP contribution in [0.1, 0.15) is 44.4 Å². The van der Waals surface area contributed by atoms with Crippen molar-refractivity contribution in [3.05, 3.63) is 22.4 Å². The van der Waals surface area contributed by atoms with E-state index in [1.54, 1.807) is 11.3 Å². The highest BCUT2D eigenvalue weighted by atomic mass is 32.1. The van der Waals surface area contributed by atoms with Crippen LogP contribution < -0.4 is 5.73 Å². The van der Waals surface area contributed by atoms with E-state index in [0.29, 0.717) is 6.54 Å². The van der Waals surface area contributed by atoms with Gasteiger partial charge in [-0.25, -0.2) is 0 Å². The van der Waals surface area contributed by atoms with Crippen LogP contribution in [0.4, 0.5) is 0 Å². The first-order chi connectivity index (χ1) is 8.50. The van der Waals surface area contributed by atoms with Crippen LogP contribution in [0.15, 0.2) is 17.5 Å². The van der Waals surface area contributed by atoms with E-state index in [1.807, 2.05) is 0 Å². The second-order valence-corrected chi connectivity index (χ2v) is 7.42. The molecule has 1 aliphatic carbocycles. The van der Waals surface area contributed by atoms with Crippen LogP contribution >= 0.6 is 11.3 Å². The van der Waals surface area contributed by atoms with Gasteiger partial charge in [0.2, 0.25) is 0 Å². The maximum atomic E-state index is 10.7. The number of nitrogens with two attached hydrogens (primary N) is 1. The van der Waals surface area contributed by atoms with Gasteiger partial charge in [-0.3, -0.25) is 0 Å². The molecule has 1 saturated carbocycles. The molecular weight excluding hydrogens is 242 g/mol. The molecule has 0 aliphatic heterocycles. The average molecular weight is 267 g/mol. The number of aryl methyl sites for hydroxylation is 1. The first-order valence-electron chi connectivity index (χ1n) is 6.91. The third-order valence-electron chi connectivity index (χ3n) is 4.67. The Bertz CT molecular complexity index is 374. The lowest BCUT2D eigenvalue weighted by Gasteiger charge is -2.49. The average Bonchev–Trinajstić information content (AvgIpc) is 2.85. The van der Waals surface area contributed by atoms with Gasteiger partial charge in [-0.15, -0.1) is 11.3 Å². The lowest BCUT2D eigenvalue weighted by Crippen LogP contribution is -2.52. The summed E-state index contributed by atoms with van der Waals surface area (Å²) in [5.41, 5.74) is 5.96. The normalized spacial score (nSPS) is 31.4. The number of hydrogen-bond donors (Lipinski definition) is 2. The van der Waals surface area contributed by atoms with Crippen LogP contribution in [0.3, 0.4) is 0 Å². The molecule has 1 aromatic heterocycles. The van der Waals surface area contributed by atoms with Gasteiger partial charge in [-0.05, 0) is 42.5 Å². The maximum absolute atomic E-state index is 10.7. The molecule has 0 aromatic carbocycles. The van der Waals surface area contributed by atoms with Crippen molar-refractivity contribution in [3.63, 3.8) is 0 Å². The van der Waals surface area contributed by atoms with E-state index in [1.165, 1.54) is 11.3 Å². The molecule has 2 nitrogen and oxygen atoms in total. The molecule has 18 heavy (non-hydrogen) atoms. The van der Waals surface area contributed by atoms with Gasteiger partial charge in [-0.1, -0.05) is 26.3 Å². The van der Waals surface area contributed by atoms with Crippen LogP contribution in [0.5, 0.6) is 0 Å². The Morgan fingerprint density at radius 2 is 2.22 bits per heavy atom. The summed E-state index contributed by atoms with van der Waals surface area (Å²) in [6, 6.07) is 4.27. The van der Waals surface area contributed by atoms with Crippen LogP contribution in [0.2, 0.25) is 0 Å². The van der Waals surface area contributed by atoms with E-state index in [0.717, 1.165) is 25.7 Å². The van der Waals surface area contributed by atoms with Crippen LogP contribution in [-0.2, 0) is 6.42 Å². The van der Waals surface area contributed by atoms with Crippen LogP contribution in [-0.4, -0.2) is 17.8 Å². The lowest BCUT2D eigenvalue weighted by atomic mass is 9.59. The van der Waals surface area contributed by atoms with E-state index < -0.39 is 0 Å². The molecule has 0 saturated heterocycles. The van der Waals surface area contributed by atoms with Gasteiger partial charge in [0.05, 0.1) is 6.10 Å². The molecule has 1 aromatic rings. The van der Waals surface area contributed by atoms with Crippen molar-refractivity contribution in [1.29, 1.82) is 0 Å².